The number of nitrogen functional groups attached to an aromatic ring is 1. The molecule has 0 atom stereocenters. The van der Waals surface area contributed by atoms with Crippen molar-refractivity contribution >= 4 is 29.1 Å². The minimum atomic E-state index is -0.158. The molecule has 1 aliphatic heterocycles. The van der Waals surface area contributed by atoms with E-state index in [1.54, 1.807) is 24.3 Å². The standard InChI is InChI=1S/C14H17N3O3/c15-10-3-1-4-11(9-10)16-12(18)5-2-8-17-13(19)6-7-14(17)20/h1,3-4,9H,2,5-8,15H2,(H,16,18). The average molecular weight is 275 g/mol. The third-order valence-electron chi connectivity index (χ3n) is 3.11. The van der Waals surface area contributed by atoms with E-state index >= 15 is 0 Å². The van der Waals surface area contributed by atoms with Crippen LogP contribution in [-0.2, 0) is 14.4 Å². The third-order valence-corrected chi connectivity index (χ3v) is 3.11. The molecule has 0 bridgehead atoms. The summed E-state index contributed by atoms with van der Waals surface area (Å²) in [4.78, 5) is 35.7. The summed E-state index contributed by atoms with van der Waals surface area (Å²) in [5.41, 5.74) is 6.84. The Labute approximate surface area is 116 Å². The number of anilines is 2. The van der Waals surface area contributed by atoms with Gasteiger partial charge >= 0.3 is 0 Å². The van der Waals surface area contributed by atoms with Crippen LogP contribution in [0.3, 0.4) is 0 Å². The van der Waals surface area contributed by atoms with Crippen LogP contribution in [0.4, 0.5) is 11.4 Å². The molecule has 0 aliphatic carbocycles. The number of nitrogens with one attached hydrogen (secondary N) is 1. The summed E-state index contributed by atoms with van der Waals surface area (Å²) in [6.45, 7) is 0.308. The van der Waals surface area contributed by atoms with Crippen LogP contribution in [0.15, 0.2) is 24.3 Å². The van der Waals surface area contributed by atoms with Crippen LogP contribution in [0.5, 0.6) is 0 Å². The van der Waals surface area contributed by atoms with E-state index < -0.39 is 0 Å². The highest BCUT2D eigenvalue weighted by molar-refractivity contribution is 6.02. The molecule has 1 aliphatic rings. The molecule has 0 saturated carbocycles. The number of hydrogen-bond acceptors (Lipinski definition) is 4. The molecular weight excluding hydrogens is 258 g/mol. The lowest BCUT2D eigenvalue weighted by atomic mass is 10.2. The van der Waals surface area contributed by atoms with E-state index in [2.05, 4.69) is 5.32 Å². The minimum Gasteiger partial charge on any atom is -0.399 e. The Balaban J connectivity index is 1.75. The van der Waals surface area contributed by atoms with Gasteiger partial charge in [-0.15, -0.1) is 0 Å². The Morgan fingerprint density at radius 1 is 1.25 bits per heavy atom. The van der Waals surface area contributed by atoms with E-state index in [0.717, 1.165) is 0 Å². The monoisotopic (exact) mass is 275 g/mol. The van der Waals surface area contributed by atoms with E-state index in [0.29, 0.717) is 24.3 Å². The largest absolute Gasteiger partial charge is 0.399 e. The molecule has 3 N–H and O–H groups in total. The first-order valence-corrected chi connectivity index (χ1v) is 6.55. The van der Waals surface area contributed by atoms with Gasteiger partial charge in [-0.25, -0.2) is 0 Å². The second-order valence-corrected chi connectivity index (χ2v) is 4.72. The van der Waals surface area contributed by atoms with Gasteiger partial charge in [-0.05, 0) is 24.6 Å². The maximum absolute atomic E-state index is 11.7. The second-order valence-electron chi connectivity index (χ2n) is 4.72. The van der Waals surface area contributed by atoms with Crippen LogP contribution >= 0.6 is 0 Å². The molecule has 0 radical (unpaired) electrons. The Hall–Kier alpha value is -2.37. The molecular formula is C14H17N3O3. The molecule has 3 amide bonds. The van der Waals surface area contributed by atoms with Crippen molar-refractivity contribution in [2.75, 3.05) is 17.6 Å². The number of nitrogens with two attached hydrogens (primary N) is 1. The van der Waals surface area contributed by atoms with Crippen LogP contribution in [0.1, 0.15) is 25.7 Å². The van der Waals surface area contributed by atoms with Gasteiger partial charge < -0.3 is 11.1 Å². The van der Waals surface area contributed by atoms with E-state index in [4.69, 9.17) is 5.73 Å². The maximum atomic E-state index is 11.7. The van der Waals surface area contributed by atoms with Gasteiger partial charge in [0.1, 0.15) is 0 Å². The molecule has 106 valence electrons. The Morgan fingerprint density at radius 2 is 1.95 bits per heavy atom. The highest BCUT2D eigenvalue weighted by Gasteiger charge is 2.28. The van der Waals surface area contributed by atoms with Gasteiger partial charge in [-0.1, -0.05) is 6.07 Å². The van der Waals surface area contributed by atoms with Crippen molar-refractivity contribution in [1.29, 1.82) is 0 Å². The van der Waals surface area contributed by atoms with Crippen molar-refractivity contribution in [2.45, 2.75) is 25.7 Å². The highest BCUT2D eigenvalue weighted by Crippen LogP contribution is 2.14. The second kappa shape index (κ2) is 6.18. The predicted molar refractivity (Wildman–Crippen MR) is 74.7 cm³/mol. The van der Waals surface area contributed by atoms with Gasteiger partial charge in [0.15, 0.2) is 0 Å². The Morgan fingerprint density at radius 3 is 2.60 bits per heavy atom. The quantitative estimate of drug-likeness (QED) is 0.622. The molecule has 0 unspecified atom stereocenters. The smallest absolute Gasteiger partial charge is 0.229 e. The number of hydrogen-bond donors (Lipinski definition) is 2. The number of amides is 3. The molecule has 2 rings (SSSR count). The first-order valence-electron chi connectivity index (χ1n) is 6.55. The summed E-state index contributed by atoms with van der Waals surface area (Å²) in [6.07, 6.45) is 1.29. The van der Waals surface area contributed by atoms with Gasteiger partial charge in [0, 0.05) is 37.2 Å². The van der Waals surface area contributed by atoms with Crippen molar-refractivity contribution in [3.05, 3.63) is 24.3 Å². The summed E-state index contributed by atoms with van der Waals surface area (Å²) < 4.78 is 0. The molecule has 1 fully saturated rings. The number of imide groups is 1. The van der Waals surface area contributed by atoms with Crippen molar-refractivity contribution in [3.8, 4) is 0 Å². The fourth-order valence-corrected chi connectivity index (χ4v) is 2.11. The van der Waals surface area contributed by atoms with Gasteiger partial charge in [-0.2, -0.15) is 0 Å². The Bertz CT molecular complexity index is 526. The van der Waals surface area contributed by atoms with Crippen LogP contribution < -0.4 is 11.1 Å². The number of rotatable bonds is 5. The van der Waals surface area contributed by atoms with Gasteiger partial charge in [0.2, 0.25) is 17.7 Å². The van der Waals surface area contributed by atoms with Crippen molar-refractivity contribution in [1.82, 2.24) is 4.90 Å². The number of carbonyl (C=O) groups excluding carboxylic acids is 3. The summed E-state index contributed by atoms with van der Waals surface area (Å²) in [6, 6.07) is 6.92. The lowest BCUT2D eigenvalue weighted by Crippen LogP contribution is -2.30. The minimum absolute atomic E-state index is 0.147. The van der Waals surface area contributed by atoms with Gasteiger partial charge in [-0.3, -0.25) is 19.3 Å². The number of nitrogens with zero attached hydrogens (tertiary/aromatic N) is 1. The number of benzene rings is 1. The molecule has 1 aromatic carbocycles. The molecule has 1 saturated heterocycles. The number of likely N-dealkylation sites (tertiary alicyclic amines) is 1. The highest BCUT2D eigenvalue weighted by atomic mass is 16.2. The van der Waals surface area contributed by atoms with Crippen molar-refractivity contribution < 1.29 is 14.4 Å². The lowest BCUT2D eigenvalue weighted by Gasteiger charge is -2.13. The van der Waals surface area contributed by atoms with Crippen LogP contribution in [0, 0.1) is 0 Å². The van der Waals surface area contributed by atoms with Crippen LogP contribution in [-0.4, -0.2) is 29.2 Å². The summed E-state index contributed by atoms with van der Waals surface area (Å²) in [5, 5.41) is 2.72. The van der Waals surface area contributed by atoms with Crippen LogP contribution in [0.25, 0.3) is 0 Å². The molecule has 6 heteroatoms. The zero-order valence-electron chi connectivity index (χ0n) is 11.1. The normalized spacial score (nSPS) is 14.7. The maximum Gasteiger partial charge on any atom is 0.229 e. The zero-order valence-corrected chi connectivity index (χ0v) is 11.1. The van der Waals surface area contributed by atoms with Crippen molar-refractivity contribution in [3.63, 3.8) is 0 Å². The zero-order chi connectivity index (χ0) is 14.5. The summed E-state index contributed by atoms with van der Waals surface area (Å²) >= 11 is 0. The first kappa shape index (κ1) is 14.0. The Kier molecular flexibility index (Phi) is 4.34. The summed E-state index contributed by atoms with van der Waals surface area (Å²) in [7, 11) is 0. The fourth-order valence-electron chi connectivity index (χ4n) is 2.11. The number of carbonyl (C=O) groups is 3. The predicted octanol–water partition coefficient (Wildman–Crippen LogP) is 1.14. The van der Waals surface area contributed by atoms with Gasteiger partial charge in [0.25, 0.3) is 0 Å². The van der Waals surface area contributed by atoms with E-state index in [9.17, 15) is 14.4 Å². The van der Waals surface area contributed by atoms with Crippen molar-refractivity contribution in [2.24, 2.45) is 0 Å². The van der Waals surface area contributed by atoms with E-state index in [-0.39, 0.29) is 37.0 Å². The average Bonchev–Trinajstić information content (AvgIpc) is 2.70. The SMILES string of the molecule is Nc1cccc(NC(=O)CCCN2C(=O)CCC2=O)c1. The van der Waals surface area contributed by atoms with E-state index in [1.807, 2.05) is 0 Å². The van der Waals surface area contributed by atoms with Gasteiger partial charge in [0.05, 0.1) is 0 Å². The topological polar surface area (TPSA) is 92.5 Å². The molecule has 0 spiro atoms. The molecule has 1 heterocycles. The third kappa shape index (κ3) is 3.57. The molecule has 20 heavy (non-hydrogen) atoms. The fraction of sp³-hybridized carbons (Fsp3) is 0.357. The van der Waals surface area contributed by atoms with E-state index in [1.165, 1.54) is 4.90 Å². The van der Waals surface area contributed by atoms with Crippen LogP contribution in [0.2, 0.25) is 0 Å². The molecule has 6 nitrogen and oxygen atoms in total. The summed E-state index contributed by atoms with van der Waals surface area (Å²) in [5.74, 6) is -0.452. The molecule has 1 aromatic rings. The molecule has 0 aromatic heterocycles. The first-order chi connectivity index (χ1) is 9.56. The lowest BCUT2D eigenvalue weighted by molar-refractivity contribution is -0.138.